The molecule has 1 aromatic rings. The number of hydrogen-bond acceptors (Lipinski definition) is 5. The minimum absolute atomic E-state index is 0.00118. The minimum Gasteiger partial charge on any atom is -0.432 e. The largest absolute Gasteiger partial charge is 0.432 e. The molecule has 6 nitrogen and oxygen atoms in total. The standard InChI is InChI=1S/C17H21FN2O4/c1-17(2)23-14(16(22)24-17)11-15(21)20-9-7-19(8-10-20)13-5-3-12(18)4-6-13/h3-6,14H,7-11H2,1-2H3/t14-/m0/s1. The van der Waals surface area contributed by atoms with Crippen molar-refractivity contribution in [2.45, 2.75) is 32.2 Å². The fourth-order valence-corrected chi connectivity index (χ4v) is 3.00. The zero-order chi connectivity index (χ0) is 17.3. The summed E-state index contributed by atoms with van der Waals surface area (Å²) in [5, 5.41) is 0. The van der Waals surface area contributed by atoms with Crippen LogP contribution in [-0.2, 0) is 19.1 Å². The Morgan fingerprint density at radius 3 is 2.38 bits per heavy atom. The van der Waals surface area contributed by atoms with Gasteiger partial charge in [-0.2, -0.15) is 0 Å². The number of amides is 1. The van der Waals surface area contributed by atoms with E-state index in [2.05, 4.69) is 4.90 Å². The van der Waals surface area contributed by atoms with E-state index >= 15 is 0 Å². The van der Waals surface area contributed by atoms with Gasteiger partial charge in [0.15, 0.2) is 6.10 Å². The van der Waals surface area contributed by atoms with E-state index in [4.69, 9.17) is 9.47 Å². The fourth-order valence-electron chi connectivity index (χ4n) is 3.00. The van der Waals surface area contributed by atoms with Gasteiger partial charge in [0.2, 0.25) is 11.7 Å². The van der Waals surface area contributed by atoms with Crippen molar-refractivity contribution < 1.29 is 23.5 Å². The van der Waals surface area contributed by atoms with Crippen LogP contribution in [0.25, 0.3) is 0 Å². The Morgan fingerprint density at radius 1 is 1.21 bits per heavy atom. The predicted molar refractivity (Wildman–Crippen MR) is 84.9 cm³/mol. The molecule has 1 aromatic carbocycles. The number of benzene rings is 1. The summed E-state index contributed by atoms with van der Waals surface area (Å²) in [5.74, 6) is -1.84. The number of anilines is 1. The molecular formula is C17H21FN2O4. The van der Waals surface area contributed by atoms with Crippen molar-refractivity contribution in [1.82, 2.24) is 4.90 Å². The third-order valence-corrected chi connectivity index (χ3v) is 4.22. The second-order valence-corrected chi connectivity index (χ2v) is 6.48. The van der Waals surface area contributed by atoms with Crippen molar-refractivity contribution in [3.63, 3.8) is 0 Å². The topological polar surface area (TPSA) is 59.1 Å². The Labute approximate surface area is 140 Å². The van der Waals surface area contributed by atoms with Gasteiger partial charge < -0.3 is 19.3 Å². The molecule has 2 fully saturated rings. The van der Waals surface area contributed by atoms with Crippen molar-refractivity contribution in [3.05, 3.63) is 30.1 Å². The van der Waals surface area contributed by atoms with Crippen LogP contribution in [0.3, 0.4) is 0 Å². The molecule has 0 aromatic heterocycles. The number of carbonyl (C=O) groups is 2. The first-order valence-corrected chi connectivity index (χ1v) is 8.03. The zero-order valence-corrected chi connectivity index (χ0v) is 13.8. The number of halogens is 1. The van der Waals surface area contributed by atoms with Crippen molar-refractivity contribution in [2.24, 2.45) is 0 Å². The van der Waals surface area contributed by atoms with Crippen molar-refractivity contribution in [2.75, 3.05) is 31.1 Å². The lowest BCUT2D eigenvalue weighted by molar-refractivity contribution is -0.161. The summed E-state index contributed by atoms with van der Waals surface area (Å²) in [6.07, 6.45) is -0.832. The first-order chi connectivity index (χ1) is 11.3. The molecule has 2 heterocycles. The van der Waals surface area contributed by atoms with E-state index in [9.17, 15) is 14.0 Å². The molecular weight excluding hydrogens is 315 g/mol. The summed E-state index contributed by atoms with van der Waals surface area (Å²) in [6.45, 7) is 5.74. The maximum absolute atomic E-state index is 13.0. The number of carbonyl (C=O) groups excluding carboxylic acids is 2. The molecule has 7 heteroatoms. The van der Waals surface area contributed by atoms with E-state index in [1.54, 1.807) is 30.9 Å². The van der Waals surface area contributed by atoms with Crippen LogP contribution in [0, 0.1) is 5.82 Å². The third kappa shape index (κ3) is 3.67. The number of esters is 1. The number of ether oxygens (including phenoxy) is 2. The molecule has 0 N–H and O–H groups in total. The van der Waals surface area contributed by atoms with Gasteiger partial charge in [-0.05, 0) is 24.3 Å². The van der Waals surface area contributed by atoms with Crippen LogP contribution in [-0.4, -0.2) is 54.8 Å². The van der Waals surface area contributed by atoms with Crippen molar-refractivity contribution in [1.29, 1.82) is 0 Å². The predicted octanol–water partition coefficient (Wildman–Crippen LogP) is 1.54. The Morgan fingerprint density at radius 2 is 1.83 bits per heavy atom. The smallest absolute Gasteiger partial charge is 0.338 e. The van der Waals surface area contributed by atoms with Gasteiger partial charge in [0, 0.05) is 45.7 Å². The monoisotopic (exact) mass is 336 g/mol. The molecule has 0 unspecified atom stereocenters. The van der Waals surface area contributed by atoms with Crippen LogP contribution in [0.5, 0.6) is 0 Å². The molecule has 0 aliphatic carbocycles. The molecule has 2 aliphatic rings. The summed E-state index contributed by atoms with van der Waals surface area (Å²) in [6, 6.07) is 6.32. The highest BCUT2D eigenvalue weighted by Crippen LogP contribution is 2.26. The van der Waals surface area contributed by atoms with Gasteiger partial charge in [0.25, 0.3) is 0 Å². The van der Waals surface area contributed by atoms with Gasteiger partial charge in [0.05, 0.1) is 6.42 Å². The van der Waals surface area contributed by atoms with Crippen LogP contribution < -0.4 is 4.90 Å². The Kier molecular flexibility index (Phi) is 4.45. The molecule has 24 heavy (non-hydrogen) atoms. The minimum atomic E-state index is -0.969. The quantitative estimate of drug-likeness (QED) is 0.784. The lowest BCUT2D eigenvalue weighted by atomic mass is 10.2. The van der Waals surface area contributed by atoms with E-state index in [-0.39, 0.29) is 18.1 Å². The van der Waals surface area contributed by atoms with Crippen LogP contribution in [0.4, 0.5) is 10.1 Å². The van der Waals surface area contributed by atoms with Gasteiger partial charge in [0.1, 0.15) is 5.82 Å². The second kappa shape index (κ2) is 6.39. The van der Waals surface area contributed by atoms with E-state index in [0.29, 0.717) is 26.2 Å². The lowest BCUT2D eigenvalue weighted by Crippen LogP contribution is -2.49. The third-order valence-electron chi connectivity index (χ3n) is 4.22. The molecule has 0 radical (unpaired) electrons. The highest BCUT2D eigenvalue weighted by molar-refractivity contribution is 5.85. The molecule has 0 spiro atoms. The molecule has 2 saturated heterocycles. The maximum Gasteiger partial charge on any atom is 0.338 e. The average molecular weight is 336 g/mol. The number of rotatable bonds is 3. The molecule has 0 saturated carbocycles. The van der Waals surface area contributed by atoms with E-state index in [1.165, 1.54) is 12.1 Å². The Balaban J connectivity index is 1.52. The summed E-state index contributed by atoms with van der Waals surface area (Å²) >= 11 is 0. The number of piperazine rings is 1. The summed E-state index contributed by atoms with van der Waals surface area (Å²) in [4.78, 5) is 27.9. The highest BCUT2D eigenvalue weighted by atomic mass is 19.1. The second-order valence-electron chi connectivity index (χ2n) is 6.48. The van der Waals surface area contributed by atoms with Crippen LogP contribution in [0.15, 0.2) is 24.3 Å². The molecule has 1 amide bonds. The molecule has 130 valence electrons. The fraction of sp³-hybridized carbons (Fsp3) is 0.529. The van der Waals surface area contributed by atoms with E-state index in [0.717, 1.165) is 5.69 Å². The van der Waals surface area contributed by atoms with E-state index < -0.39 is 17.9 Å². The Hall–Kier alpha value is -2.15. The number of nitrogens with zero attached hydrogens (tertiary/aromatic N) is 2. The number of cyclic esters (lactones) is 1. The van der Waals surface area contributed by atoms with Crippen LogP contribution >= 0.6 is 0 Å². The molecule has 1 atom stereocenters. The maximum atomic E-state index is 13.0. The van der Waals surface area contributed by atoms with E-state index in [1.807, 2.05) is 0 Å². The SMILES string of the molecule is CC1(C)OC(=O)[C@H](CC(=O)N2CCN(c3ccc(F)cc3)CC2)O1. The van der Waals surface area contributed by atoms with Crippen molar-refractivity contribution in [3.8, 4) is 0 Å². The average Bonchev–Trinajstić information content (AvgIpc) is 2.80. The number of hydrogen-bond donors (Lipinski definition) is 0. The van der Waals surface area contributed by atoms with Gasteiger partial charge in [-0.25, -0.2) is 9.18 Å². The summed E-state index contributed by atoms with van der Waals surface area (Å²) in [5.41, 5.74) is 0.938. The zero-order valence-electron chi connectivity index (χ0n) is 13.8. The van der Waals surface area contributed by atoms with Gasteiger partial charge in [-0.3, -0.25) is 4.79 Å². The van der Waals surface area contributed by atoms with Gasteiger partial charge in [-0.15, -0.1) is 0 Å². The van der Waals surface area contributed by atoms with Crippen LogP contribution in [0.2, 0.25) is 0 Å². The van der Waals surface area contributed by atoms with Crippen molar-refractivity contribution >= 4 is 17.6 Å². The molecule has 2 aliphatic heterocycles. The van der Waals surface area contributed by atoms with Crippen LogP contribution in [0.1, 0.15) is 20.3 Å². The normalized spacial score (nSPS) is 23.3. The lowest BCUT2D eigenvalue weighted by Gasteiger charge is -2.36. The van der Waals surface area contributed by atoms with Gasteiger partial charge >= 0.3 is 5.97 Å². The summed E-state index contributed by atoms with van der Waals surface area (Å²) in [7, 11) is 0. The molecule has 0 bridgehead atoms. The first kappa shape index (κ1) is 16.7. The summed E-state index contributed by atoms with van der Waals surface area (Å²) < 4.78 is 23.5. The highest BCUT2D eigenvalue weighted by Gasteiger charge is 2.42. The van der Waals surface area contributed by atoms with Gasteiger partial charge in [-0.1, -0.05) is 0 Å². The Bertz CT molecular complexity index is 624. The molecule has 3 rings (SSSR count). The first-order valence-electron chi connectivity index (χ1n) is 8.03.